The Bertz CT molecular complexity index is 1240. The van der Waals surface area contributed by atoms with Crippen molar-refractivity contribution in [2.45, 2.75) is 31.5 Å². The first-order valence-electron chi connectivity index (χ1n) is 10.1. The molecular weight excluding hydrogens is 400 g/mol. The number of carbonyl (C=O) groups excluding carboxylic acids is 2. The molecule has 2 heterocycles. The number of nitrogens with one attached hydrogen (secondary N) is 2. The Hall–Kier alpha value is -3.81. The van der Waals surface area contributed by atoms with E-state index in [1.54, 1.807) is 42.5 Å². The molecule has 1 saturated carbocycles. The Morgan fingerprint density at radius 1 is 1.03 bits per heavy atom. The van der Waals surface area contributed by atoms with E-state index in [-0.39, 0.29) is 5.56 Å². The third-order valence-electron chi connectivity index (χ3n) is 5.49. The van der Waals surface area contributed by atoms with Crippen LogP contribution in [0.25, 0.3) is 10.9 Å². The monoisotopic (exact) mass is 420 g/mol. The molecule has 158 valence electrons. The number of aromatic nitrogens is 1. The van der Waals surface area contributed by atoms with Crippen LogP contribution in [0.3, 0.4) is 0 Å². The van der Waals surface area contributed by atoms with E-state index in [0.717, 1.165) is 25.7 Å². The molecule has 2 aliphatic rings. The van der Waals surface area contributed by atoms with Crippen LogP contribution in [0.2, 0.25) is 0 Å². The van der Waals surface area contributed by atoms with E-state index in [9.17, 15) is 14.4 Å². The van der Waals surface area contributed by atoms with Crippen LogP contribution in [0.4, 0.5) is 5.69 Å². The van der Waals surface area contributed by atoms with E-state index >= 15 is 0 Å². The van der Waals surface area contributed by atoms with Gasteiger partial charge in [-0.1, -0.05) is 18.2 Å². The number of carbonyl (C=O) groups is 2. The van der Waals surface area contributed by atoms with Crippen LogP contribution in [0.1, 0.15) is 36.0 Å². The molecule has 0 atom stereocenters. The summed E-state index contributed by atoms with van der Waals surface area (Å²) in [4.78, 5) is 39.2. The van der Waals surface area contributed by atoms with Crippen molar-refractivity contribution < 1.29 is 23.8 Å². The zero-order chi connectivity index (χ0) is 21.4. The van der Waals surface area contributed by atoms with E-state index in [0.29, 0.717) is 28.1 Å². The Balaban J connectivity index is 1.23. The number of esters is 1. The van der Waals surface area contributed by atoms with Crippen LogP contribution >= 0.6 is 0 Å². The number of amides is 1. The number of fused-ring (bicyclic) bond motifs is 2. The highest BCUT2D eigenvalue weighted by molar-refractivity contribution is 6.04. The molecule has 1 aromatic heterocycles. The predicted octanol–water partition coefficient (Wildman–Crippen LogP) is 3.37. The molecule has 2 N–H and O–H groups in total. The van der Waals surface area contributed by atoms with Gasteiger partial charge in [0.25, 0.3) is 11.7 Å². The number of H-pyrrole nitrogens is 1. The maximum atomic E-state index is 12.5. The number of ether oxygens (including phenoxy) is 3. The van der Waals surface area contributed by atoms with Crippen LogP contribution in [-0.4, -0.2) is 29.3 Å². The number of aromatic amines is 1. The second-order valence-electron chi connectivity index (χ2n) is 7.70. The van der Waals surface area contributed by atoms with Crippen molar-refractivity contribution in [1.29, 1.82) is 0 Å². The highest BCUT2D eigenvalue weighted by Crippen LogP contribution is 2.47. The lowest BCUT2D eigenvalue weighted by atomic mass is 10.1. The van der Waals surface area contributed by atoms with Gasteiger partial charge >= 0.3 is 5.97 Å². The molecule has 1 amide bonds. The van der Waals surface area contributed by atoms with Crippen molar-refractivity contribution >= 4 is 28.5 Å². The van der Waals surface area contributed by atoms with Gasteiger partial charge in [-0.15, -0.1) is 0 Å². The summed E-state index contributed by atoms with van der Waals surface area (Å²) in [5.74, 6) is -0.570. The zero-order valence-corrected chi connectivity index (χ0v) is 16.6. The number of hydrogen-bond donors (Lipinski definition) is 2. The van der Waals surface area contributed by atoms with Gasteiger partial charge in [0.1, 0.15) is 0 Å². The fraction of sp³-hybridized carbons (Fsp3) is 0.261. The number of benzene rings is 2. The molecule has 2 aromatic carbocycles. The lowest BCUT2D eigenvalue weighted by Gasteiger charge is -2.21. The molecule has 1 aliphatic heterocycles. The largest absolute Gasteiger partial charge is 0.452 e. The topological polar surface area (TPSA) is 107 Å². The lowest BCUT2D eigenvalue weighted by molar-refractivity contribution is -0.119. The minimum atomic E-state index is -0.744. The van der Waals surface area contributed by atoms with Crippen molar-refractivity contribution in [2.24, 2.45) is 0 Å². The fourth-order valence-corrected chi connectivity index (χ4v) is 4.07. The number of hydrogen-bond acceptors (Lipinski definition) is 6. The predicted molar refractivity (Wildman–Crippen MR) is 112 cm³/mol. The van der Waals surface area contributed by atoms with E-state index in [1.165, 1.54) is 6.07 Å². The number of rotatable bonds is 4. The van der Waals surface area contributed by atoms with E-state index in [2.05, 4.69) is 10.3 Å². The first kappa shape index (κ1) is 19.2. The average molecular weight is 420 g/mol. The molecular formula is C23H20N2O6. The molecule has 0 unspecified atom stereocenters. The summed E-state index contributed by atoms with van der Waals surface area (Å²) in [6, 6.07) is 13.2. The summed E-state index contributed by atoms with van der Waals surface area (Å²) in [5.41, 5.74) is 0.722. The molecule has 8 heteroatoms. The normalized spacial score (nSPS) is 15.9. The highest BCUT2D eigenvalue weighted by Gasteiger charge is 2.44. The molecule has 1 aliphatic carbocycles. The van der Waals surface area contributed by atoms with Gasteiger partial charge in [-0.3, -0.25) is 9.59 Å². The van der Waals surface area contributed by atoms with Gasteiger partial charge in [0.15, 0.2) is 18.1 Å². The minimum Gasteiger partial charge on any atom is -0.452 e. The second-order valence-corrected chi connectivity index (χ2v) is 7.70. The van der Waals surface area contributed by atoms with Crippen molar-refractivity contribution in [3.8, 4) is 11.5 Å². The fourth-order valence-electron chi connectivity index (χ4n) is 4.07. The zero-order valence-electron chi connectivity index (χ0n) is 16.6. The van der Waals surface area contributed by atoms with Crippen LogP contribution in [0.15, 0.2) is 53.3 Å². The maximum Gasteiger partial charge on any atom is 0.339 e. The average Bonchev–Trinajstić information content (AvgIpc) is 3.36. The quantitative estimate of drug-likeness (QED) is 0.627. The van der Waals surface area contributed by atoms with Gasteiger partial charge in [0.2, 0.25) is 5.56 Å². The summed E-state index contributed by atoms with van der Waals surface area (Å²) < 4.78 is 17.1. The molecule has 5 rings (SSSR count). The molecule has 1 spiro atoms. The van der Waals surface area contributed by atoms with Crippen molar-refractivity contribution in [1.82, 2.24) is 4.98 Å². The molecule has 1 fully saturated rings. The van der Waals surface area contributed by atoms with Gasteiger partial charge in [-0.25, -0.2) is 4.79 Å². The molecule has 31 heavy (non-hydrogen) atoms. The van der Waals surface area contributed by atoms with Crippen molar-refractivity contribution in [3.63, 3.8) is 0 Å². The summed E-state index contributed by atoms with van der Waals surface area (Å²) in [7, 11) is 0. The Morgan fingerprint density at radius 3 is 2.65 bits per heavy atom. The molecule has 0 saturated heterocycles. The van der Waals surface area contributed by atoms with Crippen LogP contribution < -0.4 is 20.3 Å². The molecule has 0 radical (unpaired) electrons. The van der Waals surface area contributed by atoms with Gasteiger partial charge in [0.05, 0.1) is 5.56 Å². The Morgan fingerprint density at radius 2 is 1.81 bits per heavy atom. The summed E-state index contributed by atoms with van der Waals surface area (Å²) in [6.45, 7) is -0.488. The number of para-hydroxylation sites is 1. The van der Waals surface area contributed by atoms with Crippen LogP contribution in [-0.2, 0) is 9.53 Å². The third-order valence-corrected chi connectivity index (χ3v) is 5.49. The SMILES string of the molecule is O=C(COC(=O)c1cc(=O)[nH]c2ccccc12)Nc1ccc2c(c1)OC1(CCCC1)O2. The molecule has 3 aromatic rings. The van der Waals surface area contributed by atoms with E-state index in [1.807, 2.05) is 0 Å². The maximum absolute atomic E-state index is 12.5. The van der Waals surface area contributed by atoms with Crippen molar-refractivity contribution in [2.75, 3.05) is 11.9 Å². The van der Waals surface area contributed by atoms with Crippen molar-refractivity contribution in [3.05, 3.63) is 64.4 Å². The first-order chi connectivity index (χ1) is 15.0. The third kappa shape index (κ3) is 3.72. The first-order valence-corrected chi connectivity index (χ1v) is 10.1. The molecule has 8 nitrogen and oxygen atoms in total. The Labute approximate surface area is 177 Å². The smallest absolute Gasteiger partial charge is 0.339 e. The van der Waals surface area contributed by atoms with Gasteiger partial charge in [-0.05, 0) is 31.0 Å². The number of anilines is 1. The second kappa shape index (κ2) is 7.46. The summed E-state index contributed by atoms with van der Waals surface area (Å²) in [6.07, 6.45) is 3.81. The van der Waals surface area contributed by atoms with E-state index in [4.69, 9.17) is 14.2 Å². The number of pyridine rings is 1. The lowest BCUT2D eigenvalue weighted by Crippen LogP contribution is -2.34. The van der Waals surface area contributed by atoms with E-state index < -0.39 is 29.8 Å². The molecule has 0 bridgehead atoms. The van der Waals surface area contributed by atoms with Gasteiger partial charge < -0.3 is 24.5 Å². The summed E-state index contributed by atoms with van der Waals surface area (Å²) in [5, 5.41) is 3.23. The Kier molecular flexibility index (Phi) is 4.62. The summed E-state index contributed by atoms with van der Waals surface area (Å²) >= 11 is 0. The highest BCUT2D eigenvalue weighted by atomic mass is 16.7. The van der Waals surface area contributed by atoms with Gasteiger partial charge in [0, 0.05) is 41.6 Å². The van der Waals surface area contributed by atoms with Crippen LogP contribution in [0, 0.1) is 0 Å². The minimum absolute atomic E-state index is 0.108. The standard InChI is InChI=1S/C23H20N2O6/c26-20-12-16(15-5-1-2-6-17(15)25-20)22(28)29-13-21(27)24-14-7-8-18-19(11-14)31-23(30-18)9-3-4-10-23/h1-2,5-8,11-12H,3-4,9-10,13H2,(H,24,27)(H,25,26). The van der Waals surface area contributed by atoms with Gasteiger partial charge in [-0.2, -0.15) is 0 Å². The van der Waals surface area contributed by atoms with Crippen LogP contribution in [0.5, 0.6) is 11.5 Å².